The zero-order chi connectivity index (χ0) is 17.5. The van der Waals surface area contributed by atoms with Crippen LogP contribution in [-0.4, -0.2) is 19.9 Å². The van der Waals surface area contributed by atoms with Gasteiger partial charge in [0.1, 0.15) is 6.10 Å². The molecule has 0 N–H and O–H groups in total. The highest BCUT2D eigenvalue weighted by Gasteiger charge is 2.24. The second-order valence-corrected chi connectivity index (χ2v) is 7.34. The summed E-state index contributed by atoms with van der Waals surface area (Å²) >= 11 is 7.53. The fourth-order valence-corrected chi connectivity index (χ4v) is 3.72. The SMILES string of the molecule is Clc1ccc([C@H]2Cn3nc(-c4nc(-c5cccs5)no4)cc3CO2)cc1. The average Bonchev–Trinajstić information content (AvgIpc) is 3.40. The summed E-state index contributed by atoms with van der Waals surface area (Å²) in [6.45, 7) is 1.11. The third-order valence-corrected chi connectivity index (χ3v) is 5.38. The van der Waals surface area contributed by atoms with Crippen molar-refractivity contribution in [2.75, 3.05) is 0 Å². The summed E-state index contributed by atoms with van der Waals surface area (Å²) in [7, 11) is 0. The summed E-state index contributed by atoms with van der Waals surface area (Å²) in [6, 6.07) is 13.6. The number of benzene rings is 1. The fraction of sp³-hybridized carbons (Fsp3) is 0.167. The number of thiophene rings is 1. The second-order valence-electron chi connectivity index (χ2n) is 5.95. The van der Waals surface area contributed by atoms with Crippen LogP contribution in [0.3, 0.4) is 0 Å². The molecule has 1 aliphatic rings. The first-order valence-corrected chi connectivity index (χ1v) is 9.34. The number of aromatic nitrogens is 4. The predicted octanol–water partition coefficient (Wildman–Crippen LogP) is 4.59. The molecular formula is C18H13ClN4O2S. The molecule has 8 heteroatoms. The molecule has 0 saturated carbocycles. The third-order valence-electron chi connectivity index (χ3n) is 4.26. The van der Waals surface area contributed by atoms with E-state index in [1.54, 1.807) is 11.3 Å². The summed E-state index contributed by atoms with van der Waals surface area (Å²) in [6.07, 6.45) is -0.0584. The van der Waals surface area contributed by atoms with Gasteiger partial charge in [-0.2, -0.15) is 10.1 Å². The van der Waals surface area contributed by atoms with Crippen molar-refractivity contribution in [3.63, 3.8) is 0 Å². The Morgan fingerprint density at radius 3 is 2.88 bits per heavy atom. The lowest BCUT2D eigenvalue weighted by Gasteiger charge is -2.24. The molecule has 6 nitrogen and oxygen atoms in total. The van der Waals surface area contributed by atoms with Gasteiger partial charge in [-0.1, -0.05) is 35.0 Å². The molecule has 0 spiro atoms. The fourth-order valence-electron chi connectivity index (χ4n) is 2.94. The number of hydrogen-bond acceptors (Lipinski definition) is 6. The van der Waals surface area contributed by atoms with Crippen molar-refractivity contribution in [3.8, 4) is 22.3 Å². The highest BCUT2D eigenvalue weighted by molar-refractivity contribution is 7.13. The van der Waals surface area contributed by atoms with Gasteiger partial charge in [-0.3, -0.25) is 4.68 Å². The lowest BCUT2D eigenvalue weighted by atomic mass is 10.1. The first-order chi connectivity index (χ1) is 12.8. The largest absolute Gasteiger partial charge is 0.365 e. The van der Waals surface area contributed by atoms with E-state index in [2.05, 4.69) is 15.2 Å². The van der Waals surface area contributed by atoms with Crippen molar-refractivity contribution in [2.45, 2.75) is 19.3 Å². The summed E-state index contributed by atoms with van der Waals surface area (Å²) in [5.41, 5.74) is 2.73. The van der Waals surface area contributed by atoms with Crippen molar-refractivity contribution < 1.29 is 9.26 Å². The maximum absolute atomic E-state index is 5.97. The quantitative estimate of drug-likeness (QED) is 0.517. The zero-order valence-electron chi connectivity index (χ0n) is 13.5. The molecule has 130 valence electrons. The molecule has 0 saturated heterocycles. The molecule has 0 aliphatic carbocycles. The van der Waals surface area contributed by atoms with Gasteiger partial charge in [-0.05, 0) is 35.2 Å². The molecular weight excluding hydrogens is 372 g/mol. The van der Waals surface area contributed by atoms with Crippen LogP contribution in [0.5, 0.6) is 0 Å². The van der Waals surface area contributed by atoms with E-state index in [0.717, 1.165) is 16.1 Å². The molecule has 4 heterocycles. The molecule has 1 atom stereocenters. The number of fused-ring (bicyclic) bond motifs is 1. The van der Waals surface area contributed by atoms with E-state index in [1.165, 1.54) is 0 Å². The predicted molar refractivity (Wildman–Crippen MR) is 97.8 cm³/mol. The Kier molecular flexibility index (Phi) is 3.85. The Morgan fingerprint density at radius 2 is 2.08 bits per heavy atom. The standard InChI is InChI=1S/C18H13ClN4O2S/c19-12-5-3-11(4-6-12)15-9-23-13(10-24-15)8-14(21-23)18-20-17(22-25-18)16-2-1-7-26-16/h1-8,15H,9-10H2/t15-/m1/s1. The van der Waals surface area contributed by atoms with Crippen molar-refractivity contribution in [1.29, 1.82) is 0 Å². The smallest absolute Gasteiger partial charge is 0.278 e. The van der Waals surface area contributed by atoms with Gasteiger partial charge in [0.05, 0.1) is 23.7 Å². The minimum absolute atomic E-state index is 0.0584. The number of nitrogens with zero attached hydrogens (tertiary/aromatic N) is 4. The van der Waals surface area contributed by atoms with E-state index in [-0.39, 0.29) is 6.10 Å². The molecule has 0 bridgehead atoms. The van der Waals surface area contributed by atoms with E-state index in [4.69, 9.17) is 20.9 Å². The first kappa shape index (κ1) is 15.7. The van der Waals surface area contributed by atoms with Crippen LogP contribution in [-0.2, 0) is 17.9 Å². The van der Waals surface area contributed by atoms with Crippen LogP contribution < -0.4 is 0 Å². The highest BCUT2D eigenvalue weighted by Crippen LogP contribution is 2.30. The topological polar surface area (TPSA) is 66.0 Å². The van der Waals surface area contributed by atoms with E-state index < -0.39 is 0 Å². The van der Waals surface area contributed by atoms with E-state index in [9.17, 15) is 0 Å². The van der Waals surface area contributed by atoms with Crippen LogP contribution in [0.4, 0.5) is 0 Å². The molecule has 0 amide bonds. The number of ether oxygens (including phenoxy) is 1. The molecule has 1 aliphatic heterocycles. The Labute approximate surface area is 158 Å². The Hall–Kier alpha value is -2.48. The second kappa shape index (κ2) is 6.35. The van der Waals surface area contributed by atoms with Gasteiger partial charge in [0.2, 0.25) is 5.82 Å². The van der Waals surface area contributed by atoms with Crippen molar-refractivity contribution >= 4 is 22.9 Å². The van der Waals surface area contributed by atoms with Crippen LogP contribution in [0.15, 0.2) is 52.4 Å². The van der Waals surface area contributed by atoms with Crippen LogP contribution in [0.2, 0.25) is 5.02 Å². The molecule has 0 radical (unpaired) electrons. The average molecular weight is 385 g/mol. The minimum Gasteiger partial charge on any atom is -0.365 e. The van der Waals surface area contributed by atoms with Crippen molar-refractivity contribution in [1.82, 2.24) is 19.9 Å². The van der Waals surface area contributed by atoms with Gasteiger partial charge in [0.25, 0.3) is 5.89 Å². The van der Waals surface area contributed by atoms with Gasteiger partial charge in [0, 0.05) is 5.02 Å². The zero-order valence-corrected chi connectivity index (χ0v) is 15.1. The maximum Gasteiger partial charge on any atom is 0.278 e. The monoisotopic (exact) mass is 384 g/mol. The van der Waals surface area contributed by atoms with E-state index in [1.807, 2.05) is 52.5 Å². The molecule has 26 heavy (non-hydrogen) atoms. The molecule has 0 unspecified atom stereocenters. The van der Waals surface area contributed by atoms with Crippen LogP contribution in [0, 0.1) is 0 Å². The first-order valence-electron chi connectivity index (χ1n) is 8.08. The van der Waals surface area contributed by atoms with E-state index >= 15 is 0 Å². The molecule has 4 aromatic rings. The van der Waals surface area contributed by atoms with Gasteiger partial charge >= 0.3 is 0 Å². The van der Waals surface area contributed by atoms with Crippen LogP contribution in [0.25, 0.3) is 22.3 Å². The van der Waals surface area contributed by atoms with Crippen LogP contribution >= 0.6 is 22.9 Å². The third kappa shape index (κ3) is 2.84. The van der Waals surface area contributed by atoms with Crippen molar-refractivity contribution in [2.24, 2.45) is 0 Å². The lowest BCUT2D eigenvalue weighted by Crippen LogP contribution is -2.21. The van der Waals surface area contributed by atoms with Gasteiger partial charge in [-0.15, -0.1) is 11.3 Å². The summed E-state index contributed by atoms with van der Waals surface area (Å²) in [5.74, 6) is 0.995. The summed E-state index contributed by atoms with van der Waals surface area (Å²) in [4.78, 5) is 5.42. The molecule has 3 aromatic heterocycles. The molecule has 5 rings (SSSR count). The minimum atomic E-state index is -0.0584. The summed E-state index contributed by atoms with van der Waals surface area (Å²) in [5, 5.41) is 11.4. The molecule has 0 fully saturated rings. The number of halogens is 1. The maximum atomic E-state index is 5.97. The normalized spacial score (nSPS) is 16.6. The Bertz CT molecular complexity index is 1040. The van der Waals surface area contributed by atoms with E-state index in [0.29, 0.717) is 35.6 Å². The molecule has 1 aromatic carbocycles. The van der Waals surface area contributed by atoms with Gasteiger partial charge in [-0.25, -0.2) is 0 Å². The van der Waals surface area contributed by atoms with Crippen molar-refractivity contribution in [3.05, 3.63) is 64.1 Å². The number of rotatable bonds is 3. The Balaban J connectivity index is 1.40. The summed E-state index contributed by atoms with van der Waals surface area (Å²) < 4.78 is 13.3. The van der Waals surface area contributed by atoms with Gasteiger partial charge < -0.3 is 9.26 Å². The Morgan fingerprint density at radius 1 is 1.19 bits per heavy atom. The van der Waals surface area contributed by atoms with Gasteiger partial charge in [0.15, 0.2) is 5.69 Å². The van der Waals surface area contributed by atoms with Crippen LogP contribution in [0.1, 0.15) is 17.4 Å². The lowest BCUT2D eigenvalue weighted by molar-refractivity contribution is -0.00112. The highest BCUT2D eigenvalue weighted by atomic mass is 35.5. The number of hydrogen-bond donors (Lipinski definition) is 0.